The highest BCUT2D eigenvalue weighted by Gasteiger charge is 2.38. The quantitative estimate of drug-likeness (QED) is 0.308. The molecule has 0 radical (unpaired) electrons. The number of carboxylic acids is 1. The minimum Gasteiger partial charge on any atom is -0.489 e. The number of piperidine rings is 1. The normalized spacial score (nSPS) is 15.3. The topological polar surface area (TPSA) is 96.8 Å². The molecule has 4 rings (SSSR count). The van der Waals surface area contributed by atoms with Crippen molar-refractivity contribution in [3.8, 4) is 5.75 Å². The van der Waals surface area contributed by atoms with Gasteiger partial charge >= 0.3 is 12.1 Å². The summed E-state index contributed by atoms with van der Waals surface area (Å²) in [6.07, 6.45) is -2.17. The summed E-state index contributed by atoms with van der Waals surface area (Å²) in [6.45, 7) is 6.07. The Hall–Kier alpha value is -2.74. The third-order valence-electron chi connectivity index (χ3n) is 6.37. The molecule has 1 N–H and O–H groups in total. The van der Waals surface area contributed by atoms with E-state index >= 15 is 0 Å². The van der Waals surface area contributed by atoms with Crippen LogP contribution in [0.4, 0.5) is 17.6 Å². The van der Waals surface area contributed by atoms with Crippen LogP contribution in [0.2, 0.25) is 5.02 Å². The molecule has 0 atom stereocenters. The third-order valence-corrected chi connectivity index (χ3v) is 9.26. The smallest absolute Gasteiger partial charge is 0.489 e. The summed E-state index contributed by atoms with van der Waals surface area (Å²) in [7, 11) is -3.91. The average molecular weight is 623 g/mol. The maximum atomic E-state index is 14.8. The van der Waals surface area contributed by atoms with Crippen LogP contribution in [0, 0.1) is 5.82 Å². The highest BCUT2D eigenvalue weighted by molar-refractivity contribution is 7.90. The lowest BCUT2D eigenvalue weighted by atomic mass is 9.90. The summed E-state index contributed by atoms with van der Waals surface area (Å²) in [6, 6.07) is 12.6. The highest BCUT2D eigenvalue weighted by atomic mass is 35.5. The lowest BCUT2D eigenvalue weighted by molar-refractivity contribution is -0.192. The number of ether oxygens (including phenoxy) is 1. The second kappa shape index (κ2) is 12.8. The summed E-state index contributed by atoms with van der Waals surface area (Å²) in [4.78, 5) is 14.8. The zero-order chi connectivity index (χ0) is 29.7. The first-order valence-electron chi connectivity index (χ1n) is 12.0. The Morgan fingerprint density at radius 1 is 1.18 bits per heavy atom. The second-order valence-corrected chi connectivity index (χ2v) is 12.8. The lowest BCUT2D eigenvalue weighted by Crippen LogP contribution is -2.48. The Labute approximate surface area is 238 Å². The molecular formula is C26H27ClF4N2O5S2. The first kappa shape index (κ1) is 31.8. The average Bonchev–Trinajstić information content (AvgIpc) is 3.39. The van der Waals surface area contributed by atoms with Gasteiger partial charge in [0.25, 0.3) is 0 Å². The van der Waals surface area contributed by atoms with Crippen molar-refractivity contribution in [2.24, 2.45) is 0 Å². The highest BCUT2D eigenvalue weighted by Crippen LogP contribution is 2.35. The Morgan fingerprint density at radius 2 is 1.77 bits per heavy atom. The van der Waals surface area contributed by atoms with Crippen LogP contribution in [0.5, 0.6) is 5.75 Å². The van der Waals surface area contributed by atoms with E-state index in [1.807, 2.05) is 18.2 Å². The molecule has 0 aliphatic carbocycles. The van der Waals surface area contributed by atoms with Gasteiger partial charge in [0.2, 0.25) is 0 Å². The number of hydrogen-bond acceptors (Lipinski definition) is 7. The number of alkyl halides is 3. The van der Waals surface area contributed by atoms with Crippen molar-refractivity contribution >= 4 is 38.7 Å². The summed E-state index contributed by atoms with van der Waals surface area (Å²) in [5, 5.41) is 9.29. The minimum absolute atomic E-state index is 0.0844. The van der Waals surface area contributed by atoms with E-state index in [9.17, 15) is 26.0 Å². The van der Waals surface area contributed by atoms with Gasteiger partial charge in [-0.3, -0.25) is 4.90 Å². The van der Waals surface area contributed by atoms with E-state index in [1.165, 1.54) is 23.1 Å². The fourth-order valence-corrected chi connectivity index (χ4v) is 6.76. The number of benzene rings is 2. The number of carboxylic acid groups (broad SMARTS) is 1. The molecule has 40 heavy (non-hydrogen) atoms. The third kappa shape index (κ3) is 8.15. The summed E-state index contributed by atoms with van der Waals surface area (Å²) >= 11 is 7.52. The van der Waals surface area contributed by atoms with Gasteiger partial charge in [-0.1, -0.05) is 41.9 Å². The van der Waals surface area contributed by atoms with Gasteiger partial charge in [-0.25, -0.2) is 22.6 Å². The number of rotatable bonds is 7. The number of likely N-dealkylation sites (tertiary alicyclic amines) is 1. The molecule has 2 aromatic carbocycles. The van der Waals surface area contributed by atoms with E-state index < -0.39 is 32.7 Å². The number of carbonyl (C=O) groups is 1. The van der Waals surface area contributed by atoms with Crippen molar-refractivity contribution in [2.45, 2.75) is 55.2 Å². The molecule has 1 saturated heterocycles. The SMILES string of the molecule is CC(C)(c1ccccc1)N1CCC(Oc2cc(F)c(S(=O)(=O)Cc3nccs3)cc2Cl)CC1.O=C(O)C(F)(F)F. The number of sulfone groups is 1. The molecule has 0 saturated carbocycles. The maximum Gasteiger partial charge on any atom is 0.490 e. The molecule has 2 heterocycles. The number of thiazole rings is 1. The fourth-order valence-electron chi connectivity index (χ4n) is 4.14. The summed E-state index contributed by atoms with van der Waals surface area (Å²) in [5.41, 5.74) is 1.15. The molecule has 1 fully saturated rings. The Kier molecular flexibility index (Phi) is 10.2. The molecule has 3 aromatic rings. The largest absolute Gasteiger partial charge is 0.490 e. The van der Waals surface area contributed by atoms with E-state index in [0.29, 0.717) is 5.01 Å². The molecule has 0 spiro atoms. The molecule has 1 aromatic heterocycles. The molecule has 1 aliphatic rings. The number of aromatic nitrogens is 1. The molecule has 7 nitrogen and oxygen atoms in total. The summed E-state index contributed by atoms with van der Waals surface area (Å²) < 4.78 is 77.8. The maximum absolute atomic E-state index is 14.8. The fraction of sp³-hybridized carbons (Fsp3) is 0.385. The van der Waals surface area contributed by atoms with Gasteiger partial charge in [0.15, 0.2) is 9.84 Å². The Bertz CT molecular complexity index is 1390. The zero-order valence-corrected chi connectivity index (χ0v) is 23.9. The van der Waals surface area contributed by atoms with Crippen LogP contribution in [0.15, 0.2) is 58.9 Å². The van der Waals surface area contributed by atoms with Gasteiger partial charge in [-0.15, -0.1) is 11.3 Å². The van der Waals surface area contributed by atoms with Crippen molar-refractivity contribution in [2.75, 3.05) is 13.1 Å². The molecule has 0 bridgehead atoms. The van der Waals surface area contributed by atoms with E-state index in [-0.39, 0.29) is 28.2 Å². The number of hydrogen-bond donors (Lipinski definition) is 1. The van der Waals surface area contributed by atoms with Gasteiger partial charge < -0.3 is 9.84 Å². The van der Waals surface area contributed by atoms with Crippen molar-refractivity contribution in [1.82, 2.24) is 9.88 Å². The molecule has 0 amide bonds. The lowest BCUT2D eigenvalue weighted by Gasteiger charge is -2.43. The number of nitrogens with zero attached hydrogens (tertiary/aromatic N) is 2. The molecule has 1 aliphatic heterocycles. The van der Waals surface area contributed by atoms with Crippen LogP contribution >= 0.6 is 22.9 Å². The monoisotopic (exact) mass is 622 g/mol. The van der Waals surface area contributed by atoms with Crippen molar-refractivity contribution in [1.29, 1.82) is 0 Å². The Balaban J connectivity index is 0.000000559. The predicted molar refractivity (Wildman–Crippen MR) is 143 cm³/mol. The molecule has 0 unspecified atom stereocenters. The first-order chi connectivity index (χ1) is 18.6. The van der Waals surface area contributed by atoms with Crippen molar-refractivity contribution in [3.05, 3.63) is 75.5 Å². The van der Waals surface area contributed by atoms with Crippen LogP contribution in [0.25, 0.3) is 0 Å². The van der Waals surface area contributed by atoms with Gasteiger partial charge in [-0.2, -0.15) is 13.2 Å². The Morgan fingerprint density at radius 3 is 2.30 bits per heavy atom. The van der Waals surface area contributed by atoms with Gasteiger partial charge in [0.05, 0.1) is 5.02 Å². The van der Waals surface area contributed by atoms with Crippen LogP contribution in [-0.2, 0) is 25.9 Å². The molecular weight excluding hydrogens is 596 g/mol. The van der Waals surface area contributed by atoms with E-state index in [4.69, 9.17) is 26.2 Å². The van der Waals surface area contributed by atoms with Crippen LogP contribution in [-0.4, -0.2) is 54.7 Å². The zero-order valence-electron chi connectivity index (χ0n) is 21.5. The second-order valence-electron chi connectivity index (χ2n) is 9.43. The first-order valence-corrected chi connectivity index (χ1v) is 14.9. The van der Waals surface area contributed by atoms with E-state index in [2.05, 4.69) is 35.9 Å². The summed E-state index contributed by atoms with van der Waals surface area (Å²) in [5.74, 6) is -3.82. The standard InChI is InChI=1S/C24H26ClFN2O3S2.C2HF3O2/c1-24(2,17-6-4-3-5-7-17)28-11-8-18(9-12-28)31-21-15-20(26)22(14-19(21)25)33(29,30)16-23-27-10-13-32-23;3-2(4,5)1(6)7/h3-7,10,13-15,18H,8-9,11-12,16H2,1-2H3;(H,6,7). The van der Waals surface area contributed by atoms with E-state index in [0.717, 1.165) is 38.1 Å². The minimum atomic E-state index is -5.08. The van der Waals surface area contributed by atoms with Crippen LogP contribution < -0.4 is 4.74 Å². The van der Waals surface area contributed by atoms with Gasteiger partial charge in [-0.05, 0) is 38.3 Å². The predicted octanol–water partition coefficient (Wildman–Crippen LogP) is 6.32. The van der Waals surface area contributed by atoms with Crippen molar-refractivity contribution in [3.63, 3.8) is 0 Å². The number of aliphatic carboxylic acids is 1. The van der Waals surface area contributed by atoms with Gasteiger partial charge in [0.1, 0.15) is 33.3 Å². The molecule has 14 heteroatoms. The van der Waals surface area contributed by atoms with Crippen LogP contribution in [0.1, 0.15) is 37.3 Å². The van der Waals surface area contributed by atoms with Crippen LogP contribution in [0.3, 0.4) is 0 Å². The molecule has 218 valence electrons. The van der Waals surface area contributed by atoms with Crippen molar-refractivity contribution < 1.29 is 40.6 Å². The van der Waals surface area contributed by atoms with E-state index in [1.54, 1.807) is 5.38 Å². The number of halogens is 5. The van der Waals surface area contributed by atoms with Gasteiger partial charge in [0, 0.05) is 36.3 Å².